The topological polar surface area (TPSA) is 31.5 Å². The van der Waals surface area contributed by atoms with Crippen LogP contribution in [0.3, 0.4) is 0 Å². The summed E-state index contributed by atoms with van der Waals surface area (Å²) < 4.78 is 8.30. The minimum absolute atomic E-state index is 0.332. The molecule has 0 saturated carbocycles. The van der Waals surface area contributed by atoms with Gasteiger partial charge in [-0.2, -0.15) is 0 Å². The molecular formula is C21H30N3OS+. The summed E-state index contributed by atoms with van der Waals surface area (Å²) >= 11 is 1.92. The first-order valence-electron chi connectivity index (χ1n) is 10.1. The third-order valence-electron chi connectivity index (χ3n) is 5.55. The lowest BCUT2D eigenvalue weighted by Crippen LogP contribution is -3.13. The quantitative estimate of drug-likeness (QED) is 0.759. The van der Waals surface area contributed by atoms with Crippen molar-refractivity contribution in [3.05, 3.63) is 36.5 Å². The molecule has 5 heteroatoms. The molecule has 0 radical (unpaired) electrons. The fourth-order valence-electron chi connectivity index (χ4n) is 4.07. The number of thioether (sulfide) groups is 1. The van der Waals surface area contributed by atoms with E-state index in [1.165, 1.54) is 56.6 Å². The highest BCUT2D eigenvalue weighted by atomic mass is 32.2. The van der Waals surface area contributed by atoms with Crippen molar-refractivity contribution in [2.24, 2.45) is 0 Å². The summed E-state index contributed by atoms with van der Waals surface area (Å²) in [6.45, 7) is 5.77. The molecule has 0 amide bonds. The summed E-state index contributed by atoms with van der Waals surface area (Å²) in [5, 5.41) is 1.15. The van der Waals surface area contributed by atoms with Gasteiger partial charge in [0.25, 0.3) is 0 Å². The van der Waals surface area contributed by atoms with Crippen LogP contribution in [-0.2, 0) is 11.3 Å². The van der Waals surface area contributed by atoms with Gasteiger partial charge in [-0.25, -0.2) is 4.98 Å². The van der Waals surface area contributed by atoms with Crippen LogP contribution in [0.2, 0.25) is 0 Å². The zero-order valence-electron chi connectivity index (χ0n) is 15.5. The fraction of sp³-hybridized carbons (Fsp3) is 0.571. The first kappa shape index (κ1) is 18.1. The van der Waals surface area contributed by atoms with Gasteiger partial charge in [-0.1, -0.05) is 42.1 Å². The molecule has 2 aromatic rings. The second kappa shape index (κ2) is 9.07. The molecule has 1 aromatic carbocycles. The Labute approximate surface area is 160 Å². The van der Waals surface area contributed by atoms with Crippen molar-refractivity contribution in [2.45, 2.75) is 49.9 Å². The van der Waals surface area contributed by atoms with Crippen LogP contribution in [0.5, 0.6) is 0 Å². The molecule has 2 fully saturated rings. The standard InChI is InChI=1S/C21H29N3OS/c1-3-8-18(9-4-1)20-16-22-21(24(20)17-19-10-7-14-25-19)26-15-13-23-11-5-2-6-12-23/h1,3-4,8-9,16,19H,2,5-7,10-15,17H2/p+1/t19-/m1/s1. The van der Waals surface area contributed by atoms with E-state index in [1.807, 2.05) is 18.0 Å². The highest BCUT2D eigenvalue weighted by molar-refractivity contribution is 7.99. The van der Waals surface area contributed by atoms with Crippen LogP contribution in [0.25, 0.3) is 11.3 Å². The van der Waals surface area contributed by atoms with Crippen LogP contribution in [0, 0.1) is 0 Å². The maximum absolute atomic E-state index is 5.91. The average molecular weight is 373 g/mol. The van der Waals surface area contributed by atoms with Crippen molar-refractivity contribution in [1.29, 1.82) is 0 Å². The van der Waals surface area contributed by atoms with E-state index < -0.39 is 0 Å². The second-order valence-electron chi connectivity index (χ2n) is 7.45. The minimum atomic E-state index is 0.332. The van der Waals surface area contributed by atoms with Gasteiger partial charge in [-0.15, -0.1) is 0 Å². The third-order valence-corrected chi connectivity index (χ3v) is 6.54. The highest BCUT2D eigenvalue weighted by Gasteiger charge is 2.21. The summed E-state index contributed by atoms with van der Waals surface area (Å²) in [5.74, 6) is 1.14. The number of nitrogens with zero attached hydrogens (tertiary/aromatic N) is 2. The van der Waals surface area contributed by atoms with Crippen molar-refractivity contribution < 1.29 is 9.64 Å². The van der Waals surface area contributed by atoms with Crippen molar-refractivity contribution in [3.63, 3.8) is 0 Å². The molecule has 3 heterocycles. The third kappa shape index (κ3) is 4.51. The summed E-state index contributed by atoms with van der Waals surface area (Å²) in [6.07, 6.45) is 8.93. The van der Waals surface area contributed by atoms with Gasteiger partial charge in [0.05, 0.1) is 49.9 Å². The monoisotopic (exact) mass is 372 g/mol. The predicted molar refractivity (Wildman–Crippen MR) is 107 cm³/mol. The lowest BCUT2D eigenvalue weighted by atomic mass is 10.1. The van der Waals surface area contributed by atoms with Crippen LogP contribution in [-0.4, -0.2) is 47.6 Å². The maximum atomic E-state index is 5.91. The Bertz CT molecular complexity index is 676. The van der Waals surface area contributed by atoms with Gasteiger partial charge in [-0.05, 0) is 37.7 Å². The molecule has 2 aliphatic heterocycles. The van der Waals surface area contributed by atoms with Crippen molar-refractivity contribution in [3.8, 4) is 11.3 Å². The summed E-state index contributed by atoms with van der Waals surface area (Å²) in [7, 11) is 0. The molecule has 0 unspecified atom stereocenters. The smallest absolute Gasteiger partial charge is 0.168 e. The Morgan fingerprint density at radius 1 is 1.12 bits per heavy atom. The molecule has 4 rings (SSSR count). The summed E-state index contributed by atoms with van der Waals surface area (Å²) in [6, 6.07) is 10.6. The molecule has 4 nitrogen and oxygen atoms in total. The van der Waals surface area contributed by atoms with E-state index in [4.69, 9.17) is 9.72 Å². The van der Waals surface area contributed by atoms with Gasteiger partial charge in [0, 0.05) is 6.61 Å². The molecule has 2 aliphatic rings. The molecule has 1 N–H and O–H groups in total. The van der Waals surface area contributed by atoms with Crippen LogP contribution in [0.1, 0.15) is 32.1 Å². The van der Waals surface area contributed by atoms with Crippen molar-refractivity contribution >= 4 is 11.8 Å². The van der Waals surface area contributed by atoms with Crippen LogP contribution < -0.4 is 4.90 Å². The largest absolute Gasteiger partial charge is 0.376 e. The van der Waals surface area contributed by atoms with Gasteiger partial charge in [-0.3, -0.25) is 0 Å². The Kier molecular flexibility index (Phi) is 6.31. The van der Waals surface area contributed by atoms with Gasteiger partial charge < -0.3 is 14.2 Å². The van der Waals surface area contributed by atoms with Crippen LogP contribution in [0.15, 0.2) is 41.7 Å². The van der Waals surface area contributed by atoms with E-state index in [9.17, 15) is 0 Å². The highest BCUT2D eigenvalue weighted by Crippen LogP contribution is 2.28. The number of rotatable bonds is 7. The van der Waals surface area contributed by atoms with Gasteiger partial charge in [0.1, 0.15) is 0 Å². The summed E-state index contributed by atoms with van der Waals surface area (Å²) in [5.41, 5.74) is 2.46. The Morgan fingerprint density at radius 2 is 1.96 bits per heavy atom. The Hall–Kier alpha value is -1.30. The number of piperidine rings is 1. The normalized spacial score (nSPS) is 21.3. The van der Waals surface area contributed by atoms with Gasteiger partial charge >= 0.3 is 0 Å². The van der Waals surface area contributed by atoms with Crippen molar-refractivity contribution in [2.75, 3.05) is 32.0 Å². The van der Waals surface area contributed by atoms with Gasteiger partial charge in [0.15, 0.2) is 5.16 Å². The van der Waals surface area contributed by atoms with Crippen LogP contribution >= 0.6 is 11.8 Å². The van der Waals surface area contributed by atoms with E-state index in [0.717, 1.165) is 30.5 Å². The summed E-state index contributed by atoms with van der Waals surface area (Å²) in [4.78, 5) is 6.55. The number of hydrogen-bond donors (Lipinski definition) is 1. The number of nitrogens with one attached hydrogen (secondary N) is 1. The molecule has 2 saturated heterocycles. The lowest BCUT2D eigenvalue weighted by molar-refractivity contribution is -0.902. The maximum Gasteiger partial charge on any atom is 0.168 e. The Balaban J connectivity index is 1.46. The average Bonchev–Trinajstić information content (AvgIpc) is 3.34. The molecular weight excluding hydrogens is 342 g/mol. The molecule has 0 aliphatic carbocycles. The number of aromatic nitrogens is 2. The number of ether oxygens (including phenoxy) is 1. The molecule has 0 spiro atoms. The van der Waals surface area contributed by atoms with Gasteiger partial charge in [0.2, 0.25) is 0 Å². The minimum Gasteiger partial charge on any atom is -0.376 e. The fourth-order valence-corrected chi connectivity index (χ4v) is 5.10. The first-order valence-corrected chi connectivity index (χ1v) is 11.1. The van der Waals surface area contributed by atoms with E-state index >= 15 is 0 Å². The van der Waals surface area contributed by atoms with Crippen molar-refractivity contribution in [1.82, 2.24) is 9.55 Å². The second-order valence-corrected chi connectivity index (χ2v) is 8.51. The molecule has 140 valence electrons. The number of imidazole rings is 1. The predicted octanol–water partition coefficient (Wildman–Crippen LogP) is 2.89. The molecule has 1 aromatic heterocycles. The van der Waals surface area contributed by atoms with E-state index in [2.05, 4.69) is 34.9 Å². The van der Waals surface area contributed by atoms with E-state index in [-0.39, 0.29) is 0 Å². The SMILES string of the molecule is c1ccc(-c2cnc(SCC[NH+]3CCCCC3)n2C[C@H]2CCCO2)cc1. The Morgan fingerprint density at radius 3 is 2.73 bits per heavy atom. The molecule has 26 heavy (non-hydrogen) atoms. The zero-order chi connectivity index (χ0) is 17.6. The number of hydrogen-bond acceptors (Lipinski definition) is 3. The number of likely N-dealkylation sites (tertiary alicyclic amines) is 1. The van der Waals surface area contributed by atoms with E-state index in [0.29, 0.717) is 6.10 Å². The number of benzene rings is 1. The van der Waals surface area contributed by atoms with Crippen LogP contribution in [0.4, 0.5) is 0 Å². The molecule has 0 bridgehead atoms. The molecule has 1 atom stereocenters. The first-order chi connectivity index (χ1) is 12.9. The van der Waals surface area contributed by atoms with E-state index in [1.54, 1.807) is 4.90 Å². The zero-order valence-corrected chi connectivity index (χ0v) is 16.3. The number of quaternary nitrogens is 1. The lowest BCUT2D eigenvalue weighted by Gasteiger charge is -2.23.